The van der Waals surface area contributed by atoms with Gasteiger partial charge in [-0.25, -0.2) is 4.98 Å². The number of amides is 2. The summed E-state index contributed by atoms with van der Waals surface area (Å²) in [6.45, 7) is 7.34. The molecule has 154 valence electrons. The van der Waals surface area contributed by atoms with Gasteiger partial charge in [0, 0.05) is 31.6 Å². The van der Waals surface area contributed by atoms with E-state index in [9.17, 15) is 9.59 Å². The molecule has 0 unspecified atom stereocenters. The molecule has 28 heavy (non-hydrogen) atoms. The number of nitrogens with zero attached hydrogens (tertiary/aromatic N) is 3. The molecule has 3 fully saturated rings. The number of thiazole rings is 1. The zero-order valence-electron chi connectivity index (χ0n) is 16.6. The van der Waals surface area contributed by atoms with Crippen molar-refractivity contribution in [2.24, 2.45) is 11.8 Å². The topological polar surface area (TPSA) is 74.8 Å². The van der Waals surface area contributed by atoms with Gasteiger partial charge >= 0.3 is 0 Å². The first-order valence-electron chi connectivity index (χ1n) is 10.4. The second-order valence-electron chi connectivity index (χ2n) is 8.38. The fourth-order valence-corrected chi connectivity index (χ4v) is 4.67. The Labute approximate surface area is 170 Å². The van der Waals surface area contributed by atoms with Crippen LogP contribution in [-0.4, -0.2) is 78.6 Å². The summed E-state index contributed by atoms with van der Waals surface area (Å²) in [4.78, 5) is 33.2. The van der Waals surface area contributed by atoms with Crippen LogP contribution in [0, 0.1) is 18.8 Å². The van der Waals surface area contributed by atoms with Crippen molar-refractivity contribution in [1.82, 2.24) is 20.1 Å². The minimum absolute atomic E-state index is 0.0677. The van der Waals surface area contributed by atoms with Crippen molar-refractivity contribution in [1.29, 1.82) is 0 Å². The van der Waals surface area contributed by atoms with Crippen molar-refractivity contribution in [3.63, 3.8) is 0 Å². The summed E-state index contributed by atoms with van der Waals surface area (Å²) < 4.78 is 5.64. The van der Waals surface area contributed by atoms with Crippen molar-refractivity contribution in [3.05, 3.63) is 16.1 Å². The van der Waals surface area contributed by atoms with Crippen LogP contribution in [0.4, 0.5) is 0 Å². The fraction of sp³-hybridized carbons (Fsp3) is 0.750. The molecule has 0 spiro atoms. The predicted octanol–water partition coefficient (Wildman–Crippen LogP) is 1.53. The van der Waals surface area contributed by atoms with Crippen molar-refractivity contribution < 1.29 is 14.3 Å². The Morgan fingerprint density at radius 1 is 1.25 bits per heavy atom. The van der Waals surface area contributed by atoms with Gasteiger partial charge in [0.15, 0.2) is 0 Å². The second-order valence-corrected chi connectivity index (χ2v) is 9.44. The molecule has 0 radical (unpaired) electrons. The van der Waals surface area contributed by atoms with Crippen molar-refractivity contribution in [2.45, 2.75) is 38.7 Å². The van der Waals surface area contributed by atoms with E-state index in [0.29, 0.717) is 24.7 Å². The van der Waals surface area contributed by atoms with Crippen LogP contribution in [0.2, 0.25) is 0 Å². The van der Waals surface area contributed by atoms with Gasteiger partial charge in [0.1, 0.15) is 12.3 Å². The standard InChI is InChI=1S/C20H30N4O3S/c1-14-22-18(13-28-14)20(26)21-8-17-11-24(19(25)12-27-17)10-16-4-6-23(7-5-16)9-15-2-3-15/h13,15-17H,2-12H2,1H3,(H,21,26)/t17-/m1/s1. The molecular formula is C20H30N4O3S. The zero-order valence-corrected chi connectivity index (χ0v) is 17.4. The summed E-state index contributed by atoms with van der Waals surface area (Å²) in [6, 6.07) is 0. The predicted molar refractivity (Wildman–Crippen MR) is 107 cm³/mol. The number of hydrogen-bond acceptors (Lipinski definition) is 6. The van der Waals surface area contributed by atoms with E-state index in [1.807, 2.05) is 11.8 Å². The number of aryl methyl sites for hydroxylation is 1. The molecule has 2 aliphatic heterocycles. The lowest BCUT2D eigenvalue weighted by Gasteiger charge is -2.38. The van der Waals surface area contributed by atoms with E-state index in [-0.39, 0.29) is 24.5 Å². The van der Waals surface area contributed by atoms with Crippen LogP contribution in [0.1, 0.15) is 41.2 Å². The van der Waals surface area contributed by atoms with Gasteiger partial charge < -0.3 is 19.9 Å². The molecule has 7 nitrogen and oxygen atoms in total. The molecular weight excluding hydrogens is 376 g/mol. The van der Waals surface area contributed by atoms with Gasteiger partial charge in [0.2, 0.25) is 5.91 Å². The summed E-state index contributed by atoms with van der Waals surface area (Å²) in [5.74, 6) is 1.41. The van der Waals surface area contributed by atoms with E-state index in [4.69, 9.17) is 4.74 Å². The molecule has 1 atom stereocenters. The van der Waals surface area contributed by atoms with Crippen molar-refractivity contribution in [3.8, 4) is 0 Å². The highest BCUT2D eigenvalue weighted by molar-refractivity contribution is 7.09. The molecule has 1 aromatic heterocycles. The lowest BCUT2D eigenvalue weighted by atomic mass is 9.95. The van der Waals surface area contributed by atoms with E-state index in [2.05, 4.69) is 15.2 Å². The van der Waals surface area contributed by atoms with E-state index in [1.54, 1.807) is 5.38 Å². The number of nitrogens with one attached hydrogen (secondary N) is 1. The summed E-state index contributed by atoms with van der Waals surface area (Å²) >= 11 is 1.46. The second kappa shape index (κ2) is 8.88. The molecule has 1 saturated carbocycles. The van der Waals surface area contributed by atoms with Crippen LogP contribution in [0.25, 0.3) is 0 Å². The van der Waals surface area contributed by atoms with Crippen LogP contribution in [-0.2, 0) is 9.53 Å². The van der Waals surface area contributed by atoms with E-state index in [0.717, 1.165) is 30.6 Å². The Hall–Kier alpha value is -1.51. The highest BCUT2D eigenvalue weighted by Crippen LogP contribution is 2.31. The normalized spacial score (nSPS) is 24.5. The third kappa shape index (κ3) is 5.30. The Bertz CT molecular complexity index is 697. The number of carbonyl (C=O) groups is 2. The van der Waals surface area contributed by atoms with Crippen LogP contribution < -0.4 is 5.32 Å². The maximum absolute atomic E-state index is 12.3. The number of hydrogen-bond donors (Lipinski definition) is 1. The molecule has 3 aliphatic rings. The summed E-state index contributed by atoms with van der Waals surface area (Å²) in [5, 5.41) is 5.52. The lowest BCUT2D eigenvalue weighted by Crippen LogP contribution is -2.52. The monoisotopic (exact) mass is 406 g/mol. The number of aromatic nitrogens is 1. The number of rotatable bonds is 7. The van der Waals surface area contributed by atoms with E-state index in [1.165, 1.54) is 43.6 Å². The molecule has 2 amide bonds. The highest BCUT2D eigenvalue weighted by atomic mass is 32.1. The molecule has 1 aliphatic carbocycles. The van der Waals surface area contributed by atoms with Gasteiger partial charge in [0.25, 0.3) is 5.91 Å². The SMILES string of the molecule is Cc1nc(C(=O)NC[C@@H]2CN(CC3CCN(CC4CC4)CC3)C(=O)CO2)cs1. The first-order valence-corrected chi connectivity index (χ1v) is 11.3. The Kier molecular flexibility index (Phi) is 6.28. The largest absolute Gasteiger partial charge is 0.365 e. The van der Waals surface area contributed by atoms with Gasteiger partial charge in [-0.05, 0) is 57.5 Å². The van der Waals surface area contributed by atoms with Gasteiger partial charge in [-0.2, -0.15) is 0 Å². The lowest BCUT2D eigenvalue weighted by molar-refractivity contribution is -0.149. The maximum atomic E-state index is 12.3. The Morgan fingerprint density at radius 2 is 2.00 bits per heavy atom. The number of morpholine rings is 1. The van der Waals surface area contributed by atoms with Gasteiger partial charge in [-0.3, -0.25) is 9.59 Å². The average molecular weight is 407 g/mol. The van der Waals surface area contributed by atoms with Crippen molar-refractivity contribution >= 4 is 23.2 Å². The van der Waals surface area contributed by atoms with E-state index >= 15 is 0 Å². The molecule has 4 rings (SSSR count). The molecule has 2 saturated heterocycles. The molecule has 1 N–H and O–H groups in total. The third-order valence-corrected chi connectivity index (χ3v) is 6.73. The molecule has 0 bridgehead atoms. The van der Waals surface area contributed by atoms with Gasteiger partial charge in [0.05, 0.1) is 11.1 Å². The number of likely N-dealkylation sites (tertiary alicyclic amines) is 1. The van der Waals surface area contributed by atoms with Crippen LogP contribution >= 0.6 is 11.3 Å². The summed E-state index contributed by atoms with van der Waals surface area (Å²) in [7, 11) is 0. The van der Waals surface area contributed by atoms with Crippen LogP contribution in [0.15, 0.2) is 5.38 Å². The summed E-state index contributed by atoms with van der Waals surface area (Å²) in [5.41, 5.74) is 0.448. The van der Waals surface area contributed by atoms with Crippen molar-refractivity contribution in [2.75, 3.05) is 45.9 Å². The van der Waals surface area contributed by atoms with E-state index < -0.39 is 0 Å². The first-order chi connectivity index (χ1) is 13.6. The Balaban J connectivity index is 1.21. The first kappa shape index (κ1) is 19.8. The third-order valence-electron chi connectivity index (χ3n) is 5.96. The number of carbonyl (C=O) groups excluding carboxylic acids is 2. The molecule has 3 heterocycles. The number of ether oxygens (including phenoxy) is 1. The number of piperidine rings is 1. The maximum Gasteiger partial charge on any atom is 0.270 e. The Morgan fingerprint density at radius 3 is 2.68 bits per heavy atom. The van der Waals surface area contributed by atoms with Crippen LogP contribution in [0.3, 0.4) is 0 Å². The van der Waals surface area contributed by atoms with Crippen LogP contribution in [0.5, 0.6) is 0 Å². The molecule has 1 aromatic rings. The zero-order chi connectivity index (χ0) is 19.5. The quantitative estimate of drug-likeness (QED) is 0.743. The summed E-state index contributed by atoms with van der Waals surface area (Å²) in [6.07, 6.45) is 4.99. The molecule has 0 aromatic carbocycles. The van der Waals surface area contributed by atoms with Gasteiger partial charge in [-0.1, -0.05) is 0 Å². The van der Waals surface area contributed by atoms with Gasteiger partial charge in [-0.15, -0.1) is 11.3 Å². The molecule has 8 heteroatoms. The highest BCUT2D eigenvalue weighted by Gasteiger charge is 2.31. The average Bonchev–Trinajstić information content (AvgIpc) is 3.40. The fourth-order valence-electron chi connectivity index (χ4n) is 4.07. The smallest absolute Gasteiger partial charge is 0.270 e. The minimum atomic E-state index is -0.181. The minimum Gasteiger partial charge on any atom is -0.365 e.